The second kappa shape index (κ2) is 3.58. The van der Waals surface area contributed by atoms with Gasteiger partial charge in [-0.2, -0.15) is 5.10 Å². The molecule has 1 heterocycles. The topological polar surface area (TPSA) is 128 Å². The Bertz CT molecular complexity index is 605. The molecular weight excluding hydrogens is 230 g/mol. The Balaban J connectivity index is 2.78. The number of H-pyrrole nitrogens is 1. The first-order valence-corrected chi connectivity index (χ1v) is 5.82. The van der Waals surface area contributed by atoms with Crippen molar-refractivity contribution < 1.29 is 8.42 Å². The third-order valence-electron chi connectivity index (χ3n) is 2.02. The summed E-state index contributed by atoms with van der Waals surface area (Å²) < 4.78 is 22.7. The maximum Gasteiger partial charge on any atom is 0.238 e. The number of nitrogen functional groups attached to an aromatic ring is 1. The average Bonchev–Trinajstić information content (AvgIpc) is 2.68. The lowest BCUT2D eigenvalue weighted by atomic mass is 10.2. The SMILES string of the molecule is Nc1cccc(S(N)(=O)=O)c1-c1ncn[nH]1. The highest BCUT2D eigenvalue weighted by Gasteiger charge is 2.19. The summed E-state index contributed by atoms with van der Waals surface area (Å²) in [6, 6.07) is 4.44. The third kappa shape index (κ3) is 1.75. The molecular formula is C8H9N5O2S. The van der Waals surface area contributed by atoms with Crippen molar-refractivity contribution in [3.8, 4) is 11.4 Å². The van der Waals surface area contributed by atoms with Crippen LogP contribution in [0.3, 0.4) is 0 Å². The molecule has 0 aliphatic heterocycles. The van der Waals surface area contributed by atoms with E-state index in [9.17, 15) is 8.42 Å². The van der Waals surface area contributed by atoms with E-state index in [1.165, 1.54) is 18.5 Å². The zero-order valence-corrected chi connectivity index (χ0v) is 8.90. The van der Waals surface area contributed by atoms with Gasteiger partial charge in [0.2, 0.25) is 10.0 Å². The van der Waals surface area contributed by atoms with Crippen LogP contribution in [-0.2, 0) is 10.0 Å². The lowest BCUT2D eigenvalue weighted by Crippen LogP contribution is -2.14. The van der Waals surface area contributed by atoms with E-state index in [1.54, 1.807) is 6.07 Å². The molecule has 0 spiro atoms. The molecule has 2 rings (SSSR count). The number of aromatic amines is 1. The Hall–Kier alpha value is -1.93. The van der Waals surface area contributed by atoms with Crippen LogP contribution in [-0.4, -0.2) is 23.6 Å². The molecule has 0 aliphatic carbocycles. The first-order valence-electron chi connectivity index (χ1n) is 4.27. The van der Waals surface area contributed by atoms with E-state index in [4.69, 9.17) is 10.9 Å². The standard InChI is InChI=1S/C8H9N5O2S/c9-5-2-1-3-6(16(10,14)15)7(5)8-11-4-12-13-8/h1-4H,9H2,(H2,10,14,15)(H,11,12,13). The summed E-state index contributed by atoms with van der Waals surface area (Å²) in [5.41, 5.74) is 6.21. The fraction of sp³-hybridized carbons (Fsp3) is 0. The highest BCUT2D eigenvalue weighted by Crippen LogP contribution is 2.28. The van der Waals surface area contributed by atoms with Gasteiger partial charge in [-0.1, -0.05) is 6.07 Å². The molecule has 1 aromatic heterocycles. The van der Waals surface area contributed by atoms with Gasteiger partial charge in [0.15, 0.2) is 5.82 Å². The number of nitrogens with one attached hydrogen (secondary N) is 1. The molecule has 0 radical (unpaired) electrons. The predicted molar refractivity (Wildman–Crippen MR) is 57.6 cm³/mol. The van der Waals surface area contributed by atoms with Crippen molar-refractivity contribution >= 4 is 15.7 Å². The van der Waals surface area contributed by atoms with Crippen molar-refractivity contribution in [2.75, 3.05) is 5.73 Å². The van der Waals surface area contributed by atoms with Crippen LogP contribution in [0.25, 0.3) is 11.4 Å². The second-order valence-corrected chi connectivity index (χ2v) is 4.63. The minimum Gasteiger partial charge on any atom is -0.398 e. The molecule has 16 heavy (non-hydrogen) atoms. The number of nitrogens with two attached hydrogens (primary N) is 2. The molecule has 0 fully saturated rings. The molecule has 0 saturated heterocycles. The van der Waals surface area contributed by atoms with Crippen molar-refractivity contribution in [3.05, 3.63) is 24.5 Å². The zero-order valence-electron chi connectivity index (χ0n) is 8.08. The van der Waals surface area contributed by atoms with Gasteiger partial charge in [-0.05, 0) is 12.1 Å². The summed E-state index contributed by atoms with van der Waals surface area (Å²) in [4.78, 5) is 3.78. The molecule has 7 nitrogen and oxygen atoms in total. The number of aromatic nitrogens is 3. The van der Waals surface area contributed by atoms with Crippen LogP contribution >= 0.6 is 0 Å². The fourth-order valence-electron chi connectivity index (χ4n) is 1.36. The van der Waals surface area contributed by atoms with Gasteiger partial charge in [-0.15, -0.1) is 0 Å². The third-order valence-corrected chi connectivity index (χ3v) is 2.97. The van der Waals surface area contributed by atoms with Gasteiger partial charge in [-0.3, -0.25) is 5.10 Å². The molecule has 0 saturated carbocycles. The number of hydrogen-bond acceptors (Lipinski definition) is 5. The van der Waals surface area contributed by atoms with E-state index >= 15 is 0 Å². The van der Waals surface area contributed by atoms with Crippen molar-refractivity contribution in [1.82, 2.24) is 15.2 Å². The summed E-state index contributed by atoms with van der Waals surface area (Å²) in [5.74, 6) is 0.266. The number of hydrogen-bond donors (Lipinski definition) is 3. The molecule has 0 unspecified atom stereocenters. The van der Waals surface area contributed by atoms with Crippen molar-refractivity contribution in [2.24, 2.45) is 5.14 Å². The van der Waals surface area contributed by atoms with Crippen LogP contribution in [0.2, 0.25) is 0 Å². The average molecular weight is 239 g/mol. The maximum absolute atomic E-state index is 11.4. The van der Waals surface area contributed by atoms with E-state index in [2.05, 4.69) is 15.2 Å². The lowest BCUT2D eigenvalue weighted by molar-refractivity contribution is 0.598. The van der Waals surface area contributed by atoms with Gasteiger partial charge < -0.3 is 5.73 Å². The van der Waals surface area contributed by atoms with Crippen LogP contribution in [0.15, 0.2) is 29.4 Å². The van der Waals surface area contributed by atoms with E-state index in [-0.39, 0.29) is 22.0 Å². The minimum absolute atomic E-state index is 0.0794. The number of rotatable bonds is 2. The molecule has 8 heteroatoms. The largest absolute Gasteiger partial charge is 0.398 e. The predicted octanol–water partition coefficient (Wildman–Crippen LogP) is -0.299. The Morgan fingerprint density at radius 2 is 2.06 bits per heavy atom. The van der Waals surface area contributed by atoms with Crippen molar-refractivity contribution in [1.29, 1.82) is 0 Å². The highest BCUT2D eigenvalue weighted by molar-refractivity contribution is 7.89. The van der Waals surface area contributed by atoms with Gasteiger partial charge >= 0.3 is 0 Å². The maximum atomic E-state index is 11.4. The first kappa shape index (κ1) is 10.6. The van der Waals surface area contributed by atoms with Crippen LogP contribution in [0, 0.1) is 0 Å². The molecule has 2 aromatic rings. The zero-order chi connectivity index (χ0) is 11.8. The Kier molecular flexibility index (Phi) is 2.37. The first-order chi connectivity index (χ1) is 7.50. The van der Waals surface area contributed by atoms with Gasteiger partial charge in [0, 0.05) is 5.69 Å². The number of primary sulfonamides is 1. The molecule has 0 aliphatic rings. The summed E-state index contributed by atoms with van der Waals surface area (Å²) in [6.07, 6.45) is 1.26. The highest BCUT2D eigenvalue weighted by atomic mass is 32.2. The summed E-state index contributed by atoms with van der Waals surface area (Å²) in [5, 5.41) is 11.3. The van der Waals surface area contributed by atoms with Crippen molar-refractivity contribution in [3.63, 3.8) is 0 Å². The second-order valence-electron chi connectivity index (χ2n) is 3.10. The van der Waals surface area contributed by atoms with Crippen LogP contribution in [0.1, 0.15) is 0 Å². The van der Waals surface area contributed by atoms with Gasteiger partial charge in [0.25, 0.3) is 0 Å². The normalized spacial score (nSPS) is 11.6. The molecule has 0 bridgehead atoms. The van der Waals surface area contributed by atoms with E-state index < -0.39 is 10.0 Å². The van der Waals surface area contributed by atoms with Crippen LogP contribution < -0.4 is 10.9 Å². The van der Waals surface area contributed by atoms with E-state index in [1.807, 2.05) is 0 Å². The monoisotopic (exact) mass is 239 g/mol. The van der Waals surface area contributed by atoms with Crippen LogP contribution in [0.5, 0.6) is 0 Å². The number of benzene rings is 1. The number of sulfonamides is 1. The smallest absolute Gasteiger partial charge is 0.238 e. The summed E-state index contributed by atoms with van der Waals surface area (Å²) >= 11 is 0. The summed E-state index contributed by atoms with van der Waals surface area (Å²) in [7, 11) is -3.85. The molecule has 1 aromatic carbocycles. The Morgan fingerprint density at radius 3 is 2.62 bits per heavy atom. The van der Waals surface area contributed by atoms with Crippen molar-refractivity contribution in [2.45, 2.75) is 4.90 Å². The lowest BCUT2D eigenvalue weighted by Gasteiger charge is -2.07. The van der Waals surface area contributed by atoms with E-state index in [0.717, 1.165) is 0 Å². The summed E-state index contributed by atoms with van der Waals surface area (Å²) in [6.45, 7) is 0. The fourth-order valence-corrected chi connectivity index (χ4v) is 2.13. The Labute approximate surface area is 91.5 Å². The van der Waals surface area contributed by atoms with Gasteiger partial charge in [0.1, 0.15) is 6.33 Å². The minimum atomic E-state index is -3.85. The quantitative estimate of drug-likeness (QED) is 0.620. The van der Waals surface area contributed by atoms with Gasteiger partial charge in [-0.25, -0.2) is 18.5 Å². The number of nitrogens with zero attached hydrogens (tertiary/aromatic N) is 2. The molecule has 0 atom stereocenters. The van der Waals surface area contributed by atoms with Gasteiger partial charge in [0.05, 0.1) is 10.5 Å². The van der Waals surface area contributed by atoms with E-state index in [0.29, 0.717) is 0 Å². The molecule has 84 valence electrons. The molecule has 0 amide bonds. The number of anilines is 1. The Morgan fingerprint density at radius 1 is 1.31 bits per heavy atom. The molecule has 5 N–H and O–H groups in total. The van der Waals surface area contributed by atoms with Crippen LogP contribution in [0.4, 0.5) is 5.69 Å².